The van der Waals surface area contributed by atoms with Crippen molar-refractivity contribution in [2.75, 3.05) is 13.1 Å². The first-order chi connectivity index (χ1) is 20.3. The van der Waals surface area contributed by atoms with Crippen molar-refractivity contribution >= 4 is 29.6 Å². The minimum atomic E-state index is -0.739. The van der Waals surface area contributed by atoms with Crippen LogP contribution >= 0.6 is 0 Å². The molecule has 0 spiro atoms. The smallest absolute Gasteiger partial charge is 0.282 e. The number of nitrogens with one attached hydrogen (secondary N) is 2. The van der Waals surface area contributed by atoms with Gasteiger partial charge in [0.2, 0.25) is 17.6 Å². The lowest BCUT2D eigenvalue weighted by molar-refractivity contribution is -0.385. The van der Waals surface area contributed by atoms with Crippen molar-refractivity contribution < 1.29 is 19.3 Å². The maximum Gasteiger partial charge on any atom is 0.282 e. The van der Waals surface area contributed by atoms with Crippen LogP contribution in [0.4, 0.5) is 5.69 Å². The molecule has 0 atom stereocenters. The molecule has 0 radical (unpaired) electrons. The molecule has 3 rings (SSSR count). The van der Waals surface area contributed by atoms with Gasteiger partial charge in [0.05, 0.1) is 11.5 Å². The van der Waals surface area contributed by atoms with Crippen molar-refractivity contribution in [1.82, 2.24) is 36.0 Å². The molecule has 1 aromatic heterocycles. The number of hydrazone groups is 1. The zero-order chi connectivity index (χ0) is 30.3. The summed E-state index contributed by atoms with van der Waals surface area (Å²) in [4.78, 5) is 49.9. The standard InChI is InChI=1S/C28H33N9O5/c1-3-4-7-16-29-25(38)19-36(18-21-12-14-22(15-13-21)27-33-31-20(2)32-34-27)26(39)11-8-17-30-35-28(40)23-9-5-6-10-24(23)37(41)42/h5-6,9-10,12-15,17H,3-4,7-8,11,16,18-19H2,1-2H3,(H,29,38)(H,35,40)/b30-17+. The van der Waals surface area contributed by atoms with E-state index in [4.69, 9.17) is 0 Å². The molecule has 14 heteroatoms. The number of carbonyl (C=O) groups excluding carboxylic acids is 3. The molecule has 0 bridgehead atoms. The van der Waals surface area contributed by atoms with Gasteiger partial charge in [0.25, 0.3) is 11.6 Å². The number of nitro benzene ring substituents is 1. The Hall–Kier alpha value is -5.14. The number of unbranched alkanes of at least 4 members (excludes halogenated alkanes) is 2. The number of benzene rings is 2. The SMILES string of the molecule is CCCCCNC(=O)CN(Cc1ccc(-c2nnc(C)nn2)cc1)C(=O)CC/C=N/NC(=O)c1ccccc1[N+](=O)[O-]. The fourth-order valence-electron chi connectivity index (χ4n) is 3.84. The molecule has 42 heavy (non-hydrogen) atoms. The highest BCUT2D eigenvalue weighted by molar-refractivity contribution is 5.98. The van der Waals surface area contributed by atoms with Crippen LogP contribution in [0.15, 0.2) is 53.6 Å². The number of nitrogens with zero attached hydrogens (tertiary/aromatic N) is 7. The largest absolute Gasteiger partial charge is 0.355 e. The summed E-state index contributed by atoms with van der Waals surface area (Å²) in [6.07, 6.45) is 4.43. The van der Waals surface area contributed by atoms with E-state index in [1.165, 1.54) is 35.4 Å². The Morgan fingerprint density at radius 2 is 1.74 bits per heavy atom. The van der Waals surface area contributed by atoms with E-state index in [0.29, 0.717) is 23.8 Å². The van der Waals surface area contributed by atoms with Gasteiger partial charge in [-0.25, -0.2) is 5.43 Å². The molecule has 3 amide bonds. The number of rotatable bonds is 15. The number of aryl methyl sites for hydroxylation is 1. The van der Waals surface area contributed by atoms with Crippen LogP contribution in [-0.4, -0.2) is 67.2 Å². The molecule has 1 heterocycles. The minimum absolute atomic E-state index is 0.0284. The summed E-state index contributed by atoms with van der Waals surface area (Å²) in [7, 11) is 0. The molecule has 0 unspecified atom stereocenters. The third kappa shape index (κ3) is 9.80. The van der Waals surface area contributed by atoms with Gasteiger partial charge in [-0.05, 0) is 31.4 Å². The first-order valence-electron chi connectivity index (χ1n) is 13.5. The summed E-state index contributed by atoms with van der Waals surface area (Å²) in [5.74, 6) is -0.441. The van der Waals surface area contributed by atoms with Crippen LogP contribution in [0.2, 0.25) is 0 Å². The molecule has 220 valence electrons. The first-order valence-corrected chi connectivity index (χ1v) is 13.5. The van der Waals surface area contributed by atoms with E-state index in [1.54, 1.807) is 19.1 Å². The van der Waals surface area contributed by atoms with Crippen LogP contribution in [0.3, 0.4) is 0 Å². The molecule has 0 saturated carbocycles. The Bertz CT molecular complexity index is 1400. The quantitative estimate of drug-likeness (QED) is 0.119. The summed E-state index contributed by atoms with van der Waals surface area (Å²) in [5.41, 5.74) is 3.29. The fourth-order valence-corrected chi connectivity index (χ4v) is 3.84. The van der Waals surface area contributed by atoms with Gasteiger partial charge in [-0.1, -0.05) is 56.2 Å². The van der Waals surface area contributed by atoms with E-state index in [2.05, 4.69) is 43.2 Å². The highest BCUT2D eigenvalue weighted by Crippen LogP contribution is 2.18. The van der Waals surface area contributed by atoms with Gasteiger partial charge in [0, 0.05) is 37.4 Å². The van der Waals surface area contributed by atoms with E-state index >= 15 is 0 Å². The van der Waals surface area contributed by atoms with Crippen molar-refractivity contribution in [1.29, 1.82) is 0 Å². The molecule has 0 aliphatic carbocycles. The average Bonchev–Trinajstić information content (AvgIpc) is 2.99. The predicted molar refractivity (Wildman–Crippen MR) is 154 cm³/mol. The Kier molecular flexibility index (Phi) is 12.1. The van der Waals surface area contributed by atoms with Gasteiger partial charge < -0.3 is 10.2 Å². The normalized spacial score (nSPS) is 10.8. The van der Waals surface area contributed by atoms with Gasteiger partial charge in [-0.15, -0.1) is 20.4 Å². The number of nitro groups is 1. The Morgan fingerprint density at radius 1 is 1.02 bits per heavy atom. The molecule has 0 fully saturated rings. The van der Waals surface area contributed by atoms with Gasteiger partial charge in [0.1, 0.15) is 5.56 Å². The number of para-hydroxylation sites is 1. The summed E-state index contributed by atoms with van der Waals surface area (Å²) in [5, 5.41) is 33.7. The third-order valence-electron chi connectivity index (χ3n) is 6.04. The van der Waals surface area contributed by atoms with Crippen LogP contribution < -0.4 is 10.7 Å². The number of amides is 3. The van der Waals surface area contributed by atoms with Crippen LogP contribution in [0, 0.1) is 17.0 Å². The summed E-state index contributed by atoms with van der Waals surface area (Å²) >= 11 is 0. The van der Waals surface area contributed by atoms with Crippen LogP contribution in [0.25, 0.3) is 11.4 Å². The highest BCUT2D eigenvalue weighted by atomic mass is 16.6. The van der Waals surface area contributed by atoms with Crippen molar-refractivity contribution in [2.45, 2.75) is 52.5 Å². The zero-order valence-electron chi connectivity index (χ0n) is 23.5. The van der Waals surface area contributed by atoms with Crippen LogP contribution in [0.1, 0.15) is 60.8 Å². The van der Waals surface area contributed by atoms with Gasteiger partial charge in [-0.2, -0.15) is 5.10 Å². The Labute approximate surface area is 242 Å². The van der Waals surface area contributed by atoms with E-state index in [0.717, 1.165) is 24.8 Å². The second-order valence-electron chi connectivity index (χ2n) is 9.34. The van der Waals surface area contributed by atoms with Gasteiger partial charge in [0.15, 0.2) is 5.82 Å². The van der Waals surface area contributed by atoms with Gasteiger partial charge >= 0.3 is 0 Å². The topological polar surface area (TPSA) is 186 Å². The monoisotopic (exact) mass is 575 g/mol. The lowest BCUT2D eigenvalue weighted by atomic mass is 10.1. The summed E-state index contributed by atoms with van der Waals surface area (Å²) in [6.45, 7) is 4.38. The number of carbonyl (C=O) groups is 3. The minimum Gasteiger partial charge on any atom is -0.355 e. The molecule has 14 nitrogen and oxygen atoms in total. The third-order valence-corrected chi connectivity index (χ3v) is 6.04. The Balaban J connectivity index is 1.60. The van der Waals surface area contributed by atoms with E-state index in [1.807, 2.05) is 12.1 Å². The maximum absolute atomic E-state index is 13.1. The summed E-state index contributed by atoms with van der Waals surface area (Å²) in [6, 6.07) is 12.7. The van der Waals surface area contributed by atoms with Crippen molar-refractivity contribution in [3.63, 3.8) is 0 Å². The predicted octanol–water partition coefficient (Wildman–Crippen LogP) is 2.98. The van der Waals surface area contributed by atoms with E-state index in [-0.39, 0.29) is 49.0 Å². The fraction of sp³-hybridized carbons (Fsp3) is 0.357. The van der Waals surface area contributed by atoms with Crippen LogP contribution in [-0.2, 0) is 16.1 Å². The maximum atomic E-state index is 13.1. The van der Waals surface area contributed by atoms with Crippen molar-refractivity contribution in [3.05, 3.63) is 75.6 Å². The molecule has 3 aromatic rings. The number of hydrogen-bond donors (Lipinski definition) is 2. The first kappa shape index (κ1) is 31.4. The van der Waals surface area contributed by atoms with Crippen molar-refractivity contribution in [3.8, 4) is 11.4 Å². The molecule has 2 N–H and O–H groups in total. The molecular formula is C28H33N9O5. The molecule has 0 aliphatic rings. The van der Waals surface area contributed by atoms with E-state index < -0.39 is 10.8 Å². The number of aromatic nitrogens is 4. The highest BCUT2D eigenvalue weighted by Gasteiger charge is 2.19. The Morgan fingerprint density at radius 3 is 2.43 bits per heavy atom. The molecular weight excluding hydrogens is 542 g/mol. The van der Waals surface area contributed by atoms with Crippen LogP contribution in [0.5, 0.6) is 0 Å². The van der Waals surface area contributed by atoms with Crippen molar-refractivity contribution in [2.24, 2.45) is 5.10 Å². The molecule has 2 aromatic carbocycles. The second kappa shape index (κ2) is 16.2. The second-order valence-corrected chi connectivity index (χ2v) is 9.34. The van der Waals surface area contributed by atoms with Gasteiger partial charge in [-0.3, -0.25) is 24.5 Å². The zero-order valence-corrected chi connectivity index (χ0v) is 23.5. The lowest BCUT2D eigenvalue weighted by Gasteiger charge is -2.22. The molecule has 0 aliphatic heterocycles. The summed E-state index contributed by atoms with van der Waals surface area (Å²) < 4.78 is 0. The average molecular weight is 576 g/mol. The lowest BCUT2D eigenvalue weighted by Crippen LogP contribution is -2.40. The van der Waals surface area contributed by atoms with E-state index in [9.17, 15) is 24.5 Å². The molecule has 0 saturated heterocycles. The number of hydrogen-bond acceptors (Lipinski definition) is 10.